The summed E-state index contributed by atoms with van der Waals surface area (Å²) in [6.07, 6.45) is 2.18. The number of phenolic OH excluding ortho intramolecular Hbond substituents is 1. The van der Waals surface area contributed by atoms with Crippen molar-refractivity contribution in [3.05, 3.63) is 46.0 Å². The van der Waals surface area contributed by atoms with Gasteiger partial charge in [-0.15, -0.1) is 0 Å². The standard InChI is InChI=1S/C37H50N4O6S2/c1-22(2)32-20-49-48-19-27(17-40-37(38)41-32)26-15-31-24-9-12-29(43)16-28(42)11-8-23-10-13-33(44)35(45-4)30(23)7-5-6-25(14-24)34(47-21-39-3)36(31)46-18-26/h10,13-14,22,26-27,29,32,39,43-44H,6,8-9,11-12,15-21H2,1-4H3,(H3,38,40,41). The molecule has 0 amide bonds. The number of nitrogens with zero attached hydrogens (tertiary/aromatic N) is 1. The van der Waals surface area contributed by atoms with Crippen molar-refractivity contribution in [3.63, 3.8) is 0 Å². The zero-order valence-electron chi connectivity index (χ0n) is 29.0. The summed E-state index contributed by atoms with van der Waals surface area (Å²) < 4.78 is 18.5. The van der Waals surface area contributed by atoms with E-state index in [-0.39, 0.29) is 48.0 Å². The van der Waals surface area contributed by atoms with Gasteiger partial charge < -0.3 is 35.5 Å². The molecule has 0 radical (unpaired) electrons. The number of ketones is 1. The molecule has 5 rings (SSSR count). The van der Waals surface area contributed by atoms with Crippen molar-refractivity contribution in [1.29, 1.82) is 0 Å². The molecule has 0 saturated carbocycles. The Labute approximate surface area is 298 Å². The van der Waals surface area contributed by atoms with Crippen LogP contribution < -0.4 is 30.6 Å². The number of ether oxygens (including phenoxy) is 3. The second-order valence-electron chi connectivity index (χ2n) is 13.4. The first-order chi connectivity index (χ1) is 23.7. The predicted molar refractivity (Wildman–Crippen MR) is 198 cm³/mol. The SMILES string of the molecule is CNCOc1c2cc(c3c1OCC(C1CN=C(N)NC(C(C)C)CSSC1)C3)CCC(O)CC(=O)CCc1ccc(O)c(OC)c1C#CC2. The van der Waals surface area contributed by atoms with Crippen LogP contribution in [0.5, 0.6) is 23.0 Å². The van der Waals surface area contributed by atoms with Crippen molar-refractivity contribution < 1.29 is 29.2 Å². The van der Waals surface area contributed by atoms with Gasteiger partial charge in [0.25, 0.3) is 0 Å². The molecule has 6 N–H and O–H groups in total. The summed E-state index contributed by atoms with van der Waals surface area (Å²) in [7, 11) is 7.09. The van der Waals surface area contributed by atoms with Gasteiger partial charge in [0.05, 0.1) is 25.4 Å². The average molecular weight is 711 g/mol. The summed E-state index contributed by atoms with van der Waals surface area (Å²) in [5, 5.41) is 28.0. The smallest absolute Gasteiger partial charge is 0.188 e. The van der Waals surface area contributed by atoms with Gasteiger partial charge in [-0.05, 0) is 61.8 Å². The molecule has 2 heterocycles. The van der Waals surface area contributed by atoms with E-state index in [0.717, 1.165) is 45.9 Å². The van der Waals surface area contributed by atoms with Crippen LogP contribution in [0.15, 0.2) is 23.2 Å². The zero-order chi connectivity index (χ0) is 34.9. The predicted octanol–water partition coefficient (Wildman–Crippen LogP) is 4.24. The zero-order valence-corrected chi connectivity index (χ0v) is 30.6. The molecular weight excluding hydrogens is 661 g/mol. The van der Waals surface area contributed by atoms with E-state index in [2.05, 4.69) is 42.4 Å². The minimum atomic E-state index is -0.770. The molecule has 0 saturated heterocycles. The van der Waals surface area contributed by atoms with E-state index in [0.29, 0.717) is 68.8 Å². The summed E-state index contributed by atoms with van der Waals surface area (Å²) in [5.74, 6) is 11.4. The Kier molecular flexibility index (Phi) is 13.3. The van der Waals surface area contributed by atoms with Crippen LogP contribution in [-0.2, 0) is 30.5 Å². The maximum absolute atomic E-state index is 13.0. The lowest BCUT2D eigenvalue weighted by Crippen LogP contribution is -2.45. The number of guanidine groups is 1. The number of aliphatic hydroxyl groups is 1. The van der Waals surface area contributed by atoms with Gasteiger partial charge in [0, 0.05) is 60.4 Å². The minimum absolute atomic E-state index is 0.0101. The third kappa shape index (κ3) is 9.51. The highest BCUT2D eigenvalue weighted by Crippen LogP contribution is 2.44. The van der Waals surface area contributed by atoms with Gasteiger partial charge in [0.2, 0.25) is 0 Å². The molecule has 4 atom stereocenters. The number of aromatic hydroxyl groups is 1. The number of nitrogens with one attached hydrogen (secondary N) is 2. The van der Waals surface area contributed by atoms with Crippen molar-refractivity contribution in [3.8, 4) is 34.8 Å². The van der Waals surface area contributed by atoms with Crippen LogP contribution >= 0.6 is 21.6 Å². The Morgan fingerprint density at radius 3 is 2.71 bits per heavy atom. The number of aryl methyl sites for hydroxylation is 2. The molecule has 12 heteroatoms. The Bertz CT molecular complexity index is 1570. The number of nitrogens with two attached hydrogens (primary N) is 1. The summed E-state index contributed by atoms with van der Waals surface area (Å²) in [6, 6.07) is 5.74. The Morgan fingerprint density at radius 2 is 1.94 bits per heavy atom. The second kappa shape index (κ2) is 17.6. The number of methoxy groups -OCH3 is 1. The first-order valence-electron chi connectivity index (χ1n) is 17.1. The van der Waals surface area contributed by atoms with E-state index < -0.39 is 6.10 Å². The number of phenols is 1. The van der Waals surface area contributed by atoms with Crippen LogP contribution in [0.25, 0.3) is 0 Å². The number of hydrogen-bond donors (Lipinski definition) is 5. The van der Waals surface area contributed by atoms with Gasteiger partial charge in [-0.1, -0.05) is 59.4 Å². The summed E-state index contributed by atoms with van der Waals surface area (Å²) >= 11 is 0. The van der Waals surface area contributed by atoms with Gasteiger partial charge in [-0.3, -0.25) is 15.1 Å². The molecule has 10 nitrogen and oxygen atoms in total. The lowest BCUT2D eigenvalue weighted by molar-refractivity contribution is -0.121. The van der Waals surface area contributed by atoms with Crippen LogP contribution in [0.2, 0.25) is 0 Å². The topological polar surface area (TPSA) is 148 Å². The number of fused-ring (bicyclic) bond motifs is 5. The van der Waals surface area contributed by atoms with Gasteiger partial charge >= 0.3 is 0 Å². The summed E-state index contributed by atoms with van der Waals surface area (Å²) in [5.41, 5.74) is 10.7. The molecule has 4 unspecified atom stereocenters. The second-order valence-corrected chi connectivity index (χ2v) is 15.9. The number of benzene rings is 2. The molecule has 2 aromatic carbocycles. The number of hydrogen-bond acceptors (Lipinski definition) is 12. The Balaban J connectivity index is 1.51. The molecule has 0 spiro atoms. The normalized spacial score (nSPS) is 23.6. The van der Waals surface area contributed by atoms with Crippen molar-refractivity contribution in [2.45, 2.75) is 70.9 Å². The molecule has 2 aliphatic heterocycles. The quantitative estimate of drug-likeness (QED) is 0.167. The van der Waals surface area contributed by atoms with Crippen LogP contribution in [0, 0.1) is 29.6 Å². The molecule has 266 valence electrons. The third-order valence-electron chi connectivity index (χ3n) is 9.49. The highest BCUT2D eigenvalue weighted by molar-refractivity contribution is 8.76. The van der Waals surface area contributed by atoms with Crippen LogP contribution in [0.4, 0.5) is 0 Å². The Hall–Kier alpha value is -3.24. The Morgan fingerprint density at radius 1 is 1.12 bits per heavy atom. The van der Waals surface area contributed by atoms with E-state index in [1.54, 1.807) is 12.1 Å². The van der Waals surface area contributed by atoms with Crippen molar-refractivity contribution in [1.82, 2.24) is 10.6 Å². The summed E-state index contributed by atoms with van der Waals surface area (Å²) in [6.45, 7) is 5.81. The lowest BCUT2D eigenvalue weighted by Gasteiger charge is -2.34. The first-order valence-corrected chi connectivity index (χ1v) is 19.6. The maximum Gasteiger partial charge on any atom is 0.188 e. The molecule has 0 fully saturated rings. The van der Waals surface area contributed by atoms with Crippen molar-refractivity contribution in [2.24, 2.45) is 28.5 Å². The van der Waals surface area contributed by atoms with Gasteiger partial charge in [-0.25, -0.2) is 0 Å². The average Bonchev–Trinajstić information content (AvgIpc) is 3.08. The number of carbonyl (C=O) groups is 1. The number of aliphatic imine (C=N–C) groups is 1. The highest BCUT2D eigenvalue weighted by Gasteiger charge is 2.33. The maximum atomic E-state index is 13.0. The van der Waals surface area contributed by atoms with Crippen molar-refractivity contribution in [2.75, 3.05) is 45.5 Å². The largest absolute Gasteiger partial charge is 0.504 e. The van der Waals surface area contributed by atoms with E-state index in [9.17, 15) is 15.0 Å². The van der Waals surface area contributed by atoms with Crippen LogP contribution in [0.3, 0.4) is 0 Å². The fourth-order valence-corrected chi connectivity index (χ4v) is 9.44. The van der Waals surface area contributed by atoms with E-state index in [4.69, 9.17) is 24.9 Å². The number of Topliss-reactive ketones (excluding diaryl/α,β-unsaturated/α-hetero) is 1. The lowest BCUT2D eigenvalue weighted by atomic mass is 9.82. The van der Waals surface area contributed by atoms with Crippen LogP contribution in [-0.4, -0.2) is 79.6 Å². The van der Waals surface area contributed by atoms with E-state index in [1.807, 2.05) is 28.6 Å². The van der Waals surface area contributed by atoms with E-state index >= 15 is 0 Å². The third-order valence-corrected chi connectivity index (χ3v) is 12.0. The van der Waals surface area contributed by atoms with Crippen molar-refractivity contribution >= 4 is 33.3 Å². The highest BCUT2D eigenvalue weighted by atomic mass is 33.1. The van der Waals surface area contributed by atoms with Gasteiger partial charge in [0.1, 0.15) is 12.5 Å². The molecule has 2 bridgehead atoms. The van der Waals surface area contributed by atoms with Gasteiger partial charge in [0.15, 0.2) is 29.0 Å². The molecular formula is C37H50N4O6S2. The monoisotopic (exact) mass is 710 g/mol. The summed E-state index contributed by atoms with van der Waals surface area (Å²) in [4.78, 5) is 17.7. The van der Waals surface area contributed by atoms with Gasteiger partial charge in [-0.2, -0.15) is 0 Å². The minimum Gasteiger partial charge on any atom is -0.504 e. The molecule has 0 aromatic heterocycles. The first kappa shape index (κ1) is 37.0. The molecule has 3 aliphatic rings. The van der Waals surface area contributed by atoms with E-state index in [1.165, 1.54) is 7.11 Å². The fourth-order valence-electron chi connectivity index (χ4n) is 6.54. The number of rotatable bonds is 6. The fraction of sp³-hybridized carbons (Fsp3) is 0.568. The van der Waals surface area contributed by atoms with Crippen LogP contribution in [0.1, 0.15) is 60.9 Å². The molecule has 2 aromatic rings. The number of carbonyl (C=O) groups excluding carboxylic acids is 1. The number of aliphatic hydroxyl groups excluding tert-OH is 1. The molecule has 1 aliphatic carbocycles. The molecule has 49 heavy (non-hydrogen) atoms.